The summed E-state index contributed by atoms with van der Waals surface area (Å²) in [6, 6.07) is 3.89. The third-order valence-corrected chi connectivity index (χ3v) is 3.35. The van der Waals surface area contributed by atoms with E-state index < -0.39 is 0 Å². The van der Waals surface area contributed by atoms with Crippen LogP contribution in [0.4, 0.5) is 0 Å². The van der Waals surface area contributed by atoms with Crippen LogP contribution in [0, 0.1) is 0 Å². The van der Waals surface area contributed by atoms with E-state index in [1.165, 1.54) is 16.7 Å². The van der Waals surface area contributed by atoms with Crippen molar-refractivity contribution in [2.75, 3.05) is 0 Å². The van der Waals surface area contributed by atoms with E-state index in [1.54, 1.807) is 0 Å². The molecule has 1 aromatic rings. The Kier molecular flexibility index (Phi) is 4.15. The summed E-state index contributed by atoms with van der Waals surface area (Å²) in [7, 11) is 0. The van der Waals surface area contributed by atoms with Crippen LogP contribution < -0.4 is 0 Å². The summed E-state index contributed by atoms with van der Waals surface area (Å²) >= 11 is 0. The second-order valence-electron chi connectivity index (χ2n) is 7.27. The average Bonchev–Trinajstić information content (AvgIpc) is 2.17. The van der Waals surface area contributed by atoms with Gasteiger partial charge in [-0.15, -0.1) is 0 Å². The largest absolute Gasteiger partial charge is 0.508 e. The van der Waals surface area contributed by atoms with Crippen molar-refractivity contribution in [1.29, 1.82) is 0 Å². The molecule has 1 N–H and O–H groups in total. The van der Waals surface area contributed by atoms with Crippen LogP contribution in [0.5, 0.6) is 5.75 Å². The van der Waals surface area contributed by atoms with Crippen LogP contribution in [0.1, 0.15) is 71.6 Å². The summed E-state index contributed by atoms with van der Waals surface area (Å²) in [5, 5.41) is 10.0. The summed E-state index contributed by atoms with van der Waals surface area (Å²) < 4.78 is 0. The molecule has 0 saturated heterocycles. The summed E-state index contributed by atoms with van der Waals surface area (Å²) in [4.78, 5) is 0. The maximum absolute atomic E-state index is 10.0. The highest BCUT2D eigenvalue weighted by molar-refractivity contribution is 5.47. The lowest BCUT2D eigenvalue weighted by Crippen LogP contribution is -2.21. The van der Waals surface area contributed by atoms with Crippen LogP contribution >= 0.6 is 0 Å². The normalized spacial score (nSPS) is 12.8. The van der Waals surface area contributed by atoms with Crippen molar-refractivity contribution >= 4 is 0 Å². The van der Waals surface area contributed by atoms with E-state index in [-0.39, 0.29) is 10.8 Å². The first-order valence-corrected chi connectivity index (χ1v) is 6.94. The van der Waals surface area contributed by atoms with Gasteiger partial charge in [-0.3, -0.25) is 0 Å². The predicted molar refractivity (Wildman–Crippen MR) is 79.5 cm³/mol. The van der Waals surface area contributed by atoms with E-state index in [9.17, 15) is 5.11 Å². The Morgan fingerprint density at radius 1 is 0.889 bits per heavy atom. The third kappa shape index (κ3) is 3.28. The highest BCUT2D eigenvalue weighted by Gasteiger charge is 2.25. The lowest BCUT2D eigenvalue weighted by Gasteiger charge is -2.30. The number of phenolic OH excluding ortho intramolecular Hbond substituents is 1. The van der Waals surface area contributed by atoms with Crippen LogP contribution in [0.25, 0.3) is 0 Å². The molecule has 1 heteroatoms. The number of hydrogen-bond acceptors (Lipinski definition) is 1. The number of benzene rings is 1. The molecule has 1 rings (SSSR count). The molecule has 0 unspecified atom stereocenters. The zero-order valence-corrected chi connectivity index (χ0v) is 13.0. The van der Waals surface area contributed by atoms with Crippen molar-refractivity contribution in [3.05, 3.63) is 28.8 Å². The number of rotatable bonds is 2. The Bertz CT molecular complexity index is 381. The summed E-state index contributed by atoms with van der Waals surface area (Å²) in [6.45, 7) is 15.5. The minimum atomic E-state index is 0.0727. The van der Waals surface area contributed by atoms with Gasteiger partial charge in [0.05, 0.1) is 0 Å². The number of aromatic hydroxyl groups is 1. The first kappa shape index (κ1) is 15.1. The van der Waals surface area contributed by atoms with E-state index >= 15 is 0 Å². The first-order valence-electron chi connectivity index (χ1n) is 6.94. The van der Waals surface area contributed by atoms with Gasteiger partial charge in [0.25, 0.3) is 0 Å². The van der Waals surface area contributed by atoms with Gasteiger partial charge in [-0.05, 0) is 46.1 Å². The highest BCUT2D eigenvalue weighted by Crippen LogP contribution is 2.37. The predicted octanol–water partition coefficient (Wildman–Crippen LogP) is 4.94. The molecule has 1 nitrogen and oxygen atoms in total. The zero-order chi connectivity index (χ0) is 14.1. The summed E-state index contributed by atoms with van der Waals surface area (Å²) in [5.41, 5.74) is 4.14. The molecule has 1 aromatic carbocycles. The fraction of sp³-hybridized carbons (Fsp3) is 0.647. The topological polar surface area (TPSA) is 20.2 Å². The van der Waals surface area contributed by atoms with E-state index in [0.717, 1.165) is 12.8 Å². The number of hydrogen-bond donors (Lipinski definition) is 1. The number of phenols is 1. The SMILES string of the molecule is CCCc1c(C(C)(C)C)cc(O)cc1C(C)(C)C. The van der Waals surface area contributed by atoms with Crippen molar-refractivity contribution in [1.82, 2.24) is 0 Å². The minimum absolute atomic E-state index is 0.0727. The van der Waals surface area contributed by atoms with Crippen molar-refractivity contribution in [3.63, 3.8) is 0 Å². The Morgan fingerprint density at radius 2 is 1.28 bits per heavy atom. The second-order valence-corrected chi connectivity index (χ2v) is 7.27. The Labute approximate surface area is 112 Å². The molecule has 0 heterocycles. The highest BCUT2D eigenvalue weighted by atomic mass is 16.3. The van der Waals surface area contributed by atoms with Crippen LogP contribution in [0.15, 0.2) is 12.1 Å². The lowest BCUT2D eigenvalue weighted by molar-refractivity contribution is 0.463. The van der Waals surface area contributed by atoms with Gasteiger partial charge in [0.1, 0.15) is 5.75 Å². The van der Waals surface area contributed by atoms with Gasteiger partial charge in [-0.25, -0.2) is 0 Å². The standard InChI is InChI=1S/C17H28O/c1-8-9-13-14(16(2,3)4)10-12(18)11-15(13)17(5,6)7/h10-11,18H,8-9H2,1-7H3. The quantitative estimate of drug-likeness (QED) is 0.786. The van der Waals surface area contributed by atoms with E-state index in [1.807, 2.05) is 12.1 Å². The van der Waals surface area contributed by atoms with E-state index in [0.29, 0.717) is 5.75 Å². The van der Waals surface area contributed by atoms with Gasteiger partial charge in [-0.1, -0.05) is 54.9 Å². The van der Waals surface area contributed by atoms with Crippen LogP contribution in [-0.2, 0) is 17.3 Å². The molecule has 0 saturated carbocycles. The molecule has 0 aliphatic carbocycles. The fourth-order valence-electron chi connectivity index (χ4n) is 2.51. The van der Waals surface area contributed by atoms with Gasteiger partial charge in [0.2, 0.25) is 0 Å². The van der Waals surface area contributed by atoms with Crippen molar-refractivity contribution < 1.29 is 5.11 Å². The second kappa shape index (κ2) is 4.95. The van der Waals surface area contributed by atoms with Gasteiger partial charge in [-0.2, -0.15) is 0 Å². The molecule has 0 radical (unpaired) electrons. The van der Waals surface area contributed by atoms with Crippen LogP contribution in [0.3, 0.4) is 0 Å². The zero-order valence-electron chi connectivity index (χ0n) is 13.0. The van der Waals surface area contributed by atoms with Gasteiger partial charge in [0, 0.05) is 0 Å². The molecule has 18 heavy (non-hydrogen) atoms. The van der Waals surface area contributed by atoms with E-state index in [4.69, 9.17) is 0 Å². The minimum Gasteiger partial charge on any atom is -0.508 e. The molecule has 0 atom stereocenters. The average molecular weight is 248 g/mol. The molecule has 0 spiro atoms. The monoisotopic (exact) mass is 248 g/mol. The Hall–Kier alpha value is -0.980. The molecule has 0 bridgehead atoms. The molecule has 0 aliphatic rings. The molecule has 102 valence electrons. The Balaban J connectivity index is 3.56. The van der Waals surface area contributed by atoms with Crippen molar-refractivity contribution in [3.8, 4) is 5.75 Å². The fourth-order valence-corrected chi connectivity index (χ4v) is 2.51. The Morgan fingerprint density at radius 3 is 1.56 bits per heavy atom. The molecule has 0 amide bonds. The van der Waals surface area contributed by atoms with Crippen LogP contribution in [-0.4, -0.2) is 5.11 Å². The van der Waals surface area contributed by atoms with Gasteiger partial charge in [0.15, 0.2) is 0 Å². The first-order chi connectivity index (χ1) is 8.07. The smallest absolute Gasteiger partial charge is 0.116 e. The van der Waals surface area contributed by atoms with Gasteiger partial charge < -0.3 is 5.11 Å². The molecule has 0 fully saturated rings. The van der Waals surface area contributed by atoms with E-state index in [2.05, 4.69) is 48.5 Å². The van der Waals surface area contributed by atoms with Crippen molar-refractivity contribution in [2.45, 2.75) is 72.1 Å². The summed E-state index contributed by atoms with van der Waals surface area (Å²) in [6.07, 6.45) is 2.22. The van der Waals surface area contributed by atoms with Gasteiger partial charge >= 0.3 is 0 Å². The van der Waals surface area contributed by atoms with Crippen LogP contribution in [0.2, 0.25) is 0 Å². The maximum atomic E-state index is 10.0. The lowest BCUT2D eigenvalue weighted by atomic mass is 9.75. The summed E-state index contributed by atoms with van der Waals surface area (Å²) in [5.74, 6) is 0.393. The third-order valence-electron chi connectivity index (χ3n) is 3.35. The molecular weight excluding hydrogens is 220 g/mol. The molecular formula is C17H28O. The maximum Gasteiger partial charge on any atom is 0.116 e. The van der Waals surface area contributed by atoms with Crippen molar-refractivity contribution in [2.24, 2.45) is 0 Å². The molecule has 0 aliphatic heterocycles. The molecule has 0 aromatic heterocycles.